The molecule has 0 aromatic heterocycles. The summed E-state index contributed by atoms with van der Waals surface area (Å²) in [5.74, 6) is -1.11. The Kier molecular flexibility index (Phi) is 9.65. The van der Waals surface area contributed by atoms with E-state index in [0.717, 1.165) is 24.0 Å². The summed E-state index contributed by atoms with van der Waals surface area (Å²) in [6, 6.07) is 22.7. The first-order valence-electron chi connectivity index (χ1n) is 11.6. The molecule has 0 aliphatic heterocycles. The lowest BCUT2D eigenvalue weighted by atomic mass is 10.0. The summed E-state index contributed by atoms with van der Waals surface area (Å²) in [5.41, 5.74) is 1.96. The Morgan fingerprint density at radius 2 is 1.59 bits per heavy atom. The number of halogens is 2. The van der Waals surface area contributed by atoms with E-state index in [1.807, 2.05) is 60.7 Å². The second-order valence-corrected chi connectivity index (χ2v) is 8.64. The maximum atomic E-state index is 14.5. The third-order valence-corrected chi connectivity index (χ3v) is 6.04. The fourth-order valence-electron chi connectivity index (χ4n) is 3.79. The first kappa shape index (κ1) is 25.4. The maximum Gasteiger partial charge on any atom is 0.243 e. The summed E-state index contributed by atoms with van der Waals surface area (Å²) in [6.07, 6.45) is 1.91. The van der Waals surface area contributed by atoms with Gasteiger partial charge in [0, 0.05) is 30.1 Å². The molecule has 0 saturated carbocycles. The fourth-order valence-corrected chi connectivity index (χ4v) is 4.02. The number of nitrogens with zero attached hydrogens (tertiary/aromatic N) is 1. The molecule has 4 nitrogen and oxygen atoms in total. The van der Waals surface area contributed by atoms with Gasteiger partial charge in [0.25, 0.3) is 0 Å². The molecule has 6 heteroatoms. The number of benzene rings is 3. The second-order valence-electron chi connectivity index (χ2n) is 8.23. The average Bonchev–Trinajstić information content (AvgIpc) is 2.85. The van der Waals surface area contributed by atoms with Gasteiger partial charge in [0.05, 0.1) is 6.42 Å². The number of hydrogen-bond donors (Lipinski definition) is 1. The number of carbonyl (C=O) groups is 2. The van der Waals surface area contributed by atoms with Crippen molar-refractivity contribution in [2.24, 2.45) is 0 Å². The van der Waals surface area contributed by atoms with Gasteiger partial charge < -0.3 is 10.2 Å². The second kappa shape index (κ2) is 12.9. The van der Waals surface area contributed by atoms with Gasteiger partial charge >= 0.3 is 0 Å². The predicted molar refractivity (Wildman–Crippen MR) is 134 cm³/mol. The third kappa shape index (κ3) is 7.16. The highest BCUT2D eigenvalue weighted by Crippen LogP contribution is 2.22. The summed E-state index contributed by atoms with van der Waals surface area (Å²) in [5, 5.41) is 3.17. The van der Waals surface area contributed by atoms with Crippen LogP contribution in [0.2, 0.25) is 5.02 Å². The summed E-state index contributed by atoms with van der Waals surface area (Å²) < 4.78 is 14.5. The fraction of sp³-hybridized carbons (Fsp3) is 0.286. The molecular formula is C28H30ClFN2O2. The van der Waals surface area contributed by atoms with Crippen LogP contribution in [0.15, 0.2) is 78.9 Å². The van der Waals surface area contributed by atoms with Crippen LogP contribution >= 0.6 is 11.6 Å². The molecule has 0 spiro atoms. The molecule has 0 aliphatic carbocycles. The van der Waals surface area contributed by atoms with E-state index in [-0.39, 0.29) is 35.4 Å². The zero-order valence-corrected chi connectivity index (χ0v) is 20.1. The zero-order valence-electron chi connectivity index (χ0n) is 19.3. The number of nitrogens with one attached hydrogen (secondary N) is 1. The first-order valence-corrected chi connectivity index (χ1v) is 11.9. The van der Waals surface area contributed by atoms with Crippen LogP contribution in [0.5, 0.6) is 0 Å². The molecule has 3 aromatic carbocycles. The van der Waals surface area contributed by atoms with Crippen molar-refractivity contribution in [2.75, 3.05) is 6.54 Å². The highest BCUT2D eigenvalue weighted by molar-refractivity contribution is 6.31. The van der Waals surface area contributed by atoms with Crippen LogP contribution in [-0.2, 0) is 29.0 Å². The number of rotatable bonds is 11. The van der Waals surface area contributed by atoms with Crippen molar-refractivity contribution in [3.63, 3.8) is 0 Å². The summed E-state index contributed by atoms with van der Waals surface area (Å²) in [4.78, 5) is 28.5. The Morgan fingerprint density at radius 3 is 2.21 bits per heavy atom. The van der Waals surface area contributed by atoms with E-state index in [9.17, 15) is 14.0 Å². The molecule has 0 aliphatic rings. The largest absolute Gasteiger partial charge is 0.354 e. The Hall–Kier alpha value is -3.18. The predicted octanol–water partition coefficient (Wildman–Crippen LogP) is 5.58. The van der Waals surface area contributed by atoms with E-state index in [4.69, 9.17) is 11.6 Å². The van der Waals surface area contributed by atoms with Crippen molar-refractivity contribution >= 4 is 23.4 Å². The highest BCUT2D eigenvalue weighted by atomic mass is 35.5. The molecule has 2 amide bonds. The monoisotopic (exact) mass is 480 g/mol. The van der Waals surface area contributed by atoms with E-state index in [1.165, 1.54) is 12.1 Å². The van der Waals surface area contributed by atoms with Crippen molar-refractivity contribution < 1.29 is 14.0 Å². The number of hydrogen-bond acceptors (Lipinski definition) is 2. The van der Waals surface area contributed by atoms with Crippen LogP contribution in [0, 0.1) is 5.82 Å². The molecule has 34 heavy (non-hydrogen) atoms. The van der Waals surface area contributed by atoms with Gasteiger partial charge in [-0.1, -0.05) is 91.7 Å². The minimum atomic E-state index is -0.752. The van der Waals surface area contributed by atoms with Crippen LogP contribution in [-0.4, -0.2) is 29.3 Å². The lowest BCUT2D eigenvalue weighted by Gasteiger charge is -2.32. The Labute approximate surface area is 205 Å². The van der Waals surface area contributed by atoms with E-state index in [2.05, 4.69) is 12.2 Å². The minimum absolute atomic E-state index is 0.136. The van der Waals surface area contributed by atoms with Gasteiger partial charge in [-0.2, -0.15) is 0 Å². The first-order chi connectivity index (χ1) is 16.5. The van der Waals surface area contributed by atoms with Crippen molar-refractivity contribution in [2.45, 2.75) is 45.2 Å². The highest BCUT2D eigenvalue weighted by Gasteiger charge is 2.31. The third-order valence-electron chi connectivity index (χ3n) is 5.69. The van der Waals surface area contributed by atoms with Gasteiger partial charge in [-0.25, -0.2) is 4.39 Å². The van der Waals surface area contributed by atoms with Crippen molar-refractivity contribution in [3.8, 4) is 0 Å². The molecule has 0 heterocycles. The molecule has 3 rings (SSSR count). The van der Waals surface area contributed by atoms with Gasteiger partial charge in [-0.3, -0.25) is 9.59 Å². The molecule has 1 atom stereocenters. The smallest absolute Gasteiger partial charge is 0.243 e. The van der Waals surface area contributed by atoms with Gasteiger partial charge in [-0.05, 0) is 29.7 Å². The van der Waals surface area contributed by atoms with Gasteiger partial charge in [0.2, 0.25) is 11.8 Å². The van der Waals surface area contributed by atoms with Crippen LogP contribution in [0.3, 0.4) is 0 Å². The molecule has 0 bridgehead atoms. The zero-order chi connectivity index (χ0) is 24.3. The molecule has 0 fully saturated rings. The lowest BCUT2D eigenvalue weighted by molar-refractivity contribution is -0.140. The molecular weight excluding hydrogens is 451 g/mol. The van der Waals surface area contributed by atoms with Gasteiger partial charge in [0.15, 0.2) is 0 Å². The Bertz CT molecular complexity index is 1060. The molecule has 0 saturated heterocycles. The SMILES string of the molecule is CCCCNC(=O)[C@@H](Cc1ccccc1)N(Cc1ccccc1)C(=O)Cc1c(F)cccc1Cl. The minimum Gasteiger partial charge on any atom is -0.354 e. The Morgan fingerprint density at radius 1 is 0.941 bits per heavy atom. The summed E-state index contributed by atoms with van der Waals surface area (Å²) in [7, 11) is 0. The molecule has 178 valence electrons. The van der Waals surface area contributed by atoms with Crippen LogP contribution in [0.4, 0.5) is 4.39 Å². The van der Waals surface area contributed by atoms with Crippen LogP contribution in [0.1, 0.15) is 36.5 Å². The number of unbranched alkanes of at least 4 members (excludes halogenated alkanes) is 1. The number of carbonyl (C=O) groups excluding carboxylic acids is 2. The molecule has 0 unspecified atom stereocenters. The van der Waals surface area contributed by atoms with Crippen molar-refractivity contribution in [1.82, 2.24) is 10.2 Å². The van der Waals surface area contributed by atoms with Crippen LogP contribution < -0.4 is 5.32 Å². The summed E-state index contributed by atoms with van der Waals surface area (Å²) in [6.45, 7) is 2.81. The van der Waals surface area contributed by atoms with Gasteiger partial charge in [-0.15, -0.1) is 0 Å². The molecule has 3 aromatic rings. The van der Waals surface area contributed by atoms with Crippen molar-refractivity contribution in [3.05, 3.63) is 106 Å². The average molecular weight is 481 g/mol. The van der Waals surface area contributed by atoms with E-state index in [0.29, 0.717) is 13.0 Å². The van der Waals surface area contributed by atoms with Crippen LogP contribution in [0.25, 0.3) is 0 Å². The Balaban J connectivity index is 1.95. The van der Waals surface area contributed by atoms with Gasteiger partial charge in [0.1, 0.15) is 11.9 Å². The molecule has 0 radical (unpaired) electrons. The standard InChI is InChI=1S/C28H30ClFN2O2/c1-2-3-17-31-28(34)26(18-21-11-6-4-7-12-21)32(20-22-13-8-5-9-14-22)27(33)19-23-24(29)15-10-16-25(23)30/h4-16,26H,2-3,17-20H2,1H3,(H,31,34)/t26-/m1/s1. The number of amides is 2. The van der Waals surface area contributed by atoms with E-state index in [1.54, 1.807) is 11.0 Å². The lowest BCUT2D eigenvalue weighted by Crippen LogP contribution is -2.51. The van der Waals surface area contributed by atoms with Crippen molar-refractivity contribution in [1.29, 1.82) is 0 Å². The normalized spacial score (nSPS) is 11.6. The maximum absolute atomic E-state index is 14.5. The topological polar surface area (TPSA) is 49.4 Å². The van der Waals surface area contributed by atoms with E-state index < -0.39 is 11.9 Å². The quantitative estimate of drug-likeness (QED) is 0.364. The summed E-state index contributed by atoms with van der Waals surface area (Å²) >= 11 is 6.20. The van der Waals surface area contributed by atoms with E-state index >= 15 is 0 Å². The molecule has 1 N–H and O–H groups in total.